The Morgan fingerprint density at radius 1 is 1.27 bits per heavy atom. The number of hydrogen-bond acceptors (Lipinski definition) is 6. The van der Waals surface area contributed by atoms with E-state index in [2.05, 4.69) is 30.8 Å². The number of carbonyl (C=O) groups is 1. The topological polar surface area (TPSA) is 98.8 Å². The van der Waals surface area contributed by atoms with Gasteiger partial charge >= 0.3 is 0 Å². The van der Waals surface area contributed by atoms with Crippen LogP contribution in [-0.2, 0) is 11.2 Å². The third-order valence-electron chi connectivity index (χ3n) is 7.59. The molecule has 196 valence electrons. The molecule has 0 aliphatic carbocycles. The van der Waals surface area contributed by atoms with Gasteiger partial charge in [0, 0.05) is 31.3 Å². The Morgan fingerprint density at radius 3 is 2.73 bits per heavy atom. The standard InChI is InChI=1S/C27H33ClFN7O/c1-16-11-19(13-23-30-15-21(28)25(32-23)33-24-12-17(2)34-35-24)22(29)14-20(16)18-5-9-36(10-6-18)26(37)27(3)7-4-8-31-27/h11-12,14-15,18,31H,4-10,13H2,1-3H3,(H2,30,32,33,34,35)/t27-/m0/s1. The van der Waals surface area contributed by atoms with E-state index in [1.165, 1.54) is 6.20 Å². The van der Waals surface area contributed by atoms with Gasteiger partial charge in [0.25, 0.3) is 0 Å². The first-order chi connectivity index (χ1) is 17.7. The van der Waals surface area contributed by atoms with Crippen LogP contribution in [0.25, 0.3) is 0 Å². The molecule has 2 fully saturated rings. The molecule has 10 heteroatoms. The lowest BCUT2D eigenvalue weighted by Crippen LogP contribution is -2.54. The van der Waals surface area contributed by atoms with Crippen molar-refractivity contribution in [3.63, 3.8) is 0 Å². The molecule has 1 atom stereocenters. The predicted octanol–water partition coefficient (Wildman–Crippen LogP) is 4.79. The Morgan fingerprint density at radius 2 is 2.05 bits per heavy atom. The van der Waals surface area contributed by atoms with E-state index in [1.807, 2.05) is 37.8 Å². The van der Waals surface area contributed by atoms with E-state index in [0.717, 1.165) is 49.0 Å². The van der Waals surface area contributed by atoms with Gasteiger partial charge in [-0.1, -0.05) is 17.7 Å². The molecule has 0 unspecified atom stereocenters. The summed E-state index contributed by atoms with van der Waals surface area (Å²) in [4.78, 5) is 23.8. The van der Waals surface area contributed by atoms with Crippen molar-refractivity contribution in [2.24, 2.45) is 0 Å². The third kappa shape index (κ3) is 5.48. The maximum atomic E-state index is 15.3. The number of H-pyrrole nitrogens is 1. The largest absolute Gasteiger partial charge is 0.341 e. The van der Waals surface area contributed by atoms with Crippen molar-refractivity contribution < 1.29 is 9.18 Å². The van der Waals surface area contributed by atoms with Crippen molar-refractivity contribution >= 4 is 29.1 Å². The van der Waals surface area contributed by atoms with Gasteiger partial charge in [0.05, 0.1) is 11.7 Å². The summed E-state index contributed by atoms with van der Waals surface area (Å²) in [6.07, 6.45) is 5.35. The fraction of sp³-hybridized carbons (Fsp3) is 0.481. The van der Waals surface area contributed by atoms with Gasteiger partial charge < -0.3 is 15.5 Å². The first kappa shape index (κ1) is 25.6. The van der Waals surface area contributed by atoms with Crippen LogP contribution in [0, 0.1) is 19.7 Å². The molecule has 0 saturated carbocycles. The van der Waals surface area contributed by atoms with Crippen LogP contribution in [0.4, 0.5) is 16.0 Å². The highest BCUT2D eigenvalue weighted by Gasteiger charge is 2.40. The summed E-state index contributed by atoms with van der Waals surface area (Å²) in [5.74, 6) is 1.65. The molecular formula is C27H33ClFN7O. The van der Waals surface area contributed by atoms with Crippen LogP contribution < -0.4 is 10.6 Å². The van der Waals surface area contributed by atoms with Gasteiger partial charge in [-0.25, -0.2) is 14.4 Å². The SMILES string of the molecule is Cc1cc(Nc2nc(Cc3cc(C)c(C4CCN(C(=O)[C@]5(C)CCCN5)CC4)cc3F)ncc2Cl)n[nH]1. The maximum Gasteiger partial charge on any atom is 0.242 e. The second-order valence-electron chi connectivity index (χ2n) is 10.4. The number of nitrogens with zero attached hydrogens (tertiary/aromatic N) is 4. The fourth-order valence-corrected chi connectivity index (χ4v) is 5.64. The van der Waals surface area contributed by atoms with Gasteiger partial charge in [0.2, 0.25) is 5.91 Å². The number of hydrogen-bond donors (Lipinski definition) is 3. The van der Waals surface area contributed by atoms with Crippen LogP contribution in [0.2, 0.25) is 5.02 Å². The Balaban J connectivity index is 1.26. The van der Waals surface area contributed by atoms with E-state index in [0.29, 0.717) is 41.1 Å². The normalized spacial score (nSPS) is 20.4. The van der Waals surface area contributed by atoms with Crippen LogP contribution in [0.15, 0.2) is 24.4 Å². The van der Waals surface area contributed by atoms with E-state index in [-0.39, 0.29) is 24.1 Å². The Labute approximate surface area is 221 Å². The number of benzene rings is 1. The lowest BCUT2D eigenvalue weighted by molar-refractivity contribution is -0.138. The van der Waals surface area contributed by atoms with Crippen molar-refractivity contribution in [3.05, 3.63) is 63.4 Å². The summed E-state index contributed by atoms with van der Waals surface area (Å²) in [7, 11) is 0. The number of piperidine rings is 1. The molecule has 2 aliphatic heterocycles. The first-order valence-electron chi connectivity index (χ1n) is 12.9. The second kappa shape index (κ2) is 10.4. The highest BCUT2D eigenvalue weighted by atomic mass is 35.5. The van der Waals surface area contributed by atoms with Gasteiger partial charge in [-0.3, -0.25) is 9.89 Å². The summed E-state index contributed by atoms with van der Waals surface area (Å²) in [5, 5.41) is 13.8. The summed E-state index contributed by atoms with van der Waals surface area (Å²) in [6.45, 7) is 8.23. The quantitative estimate of drug-likeness (QED) is 0.428. The summed E-state index contributed by atoms with van der Waals surface area (Å²) >= 11 is 6.27. The molecule has 37 heavy (non-hydrogen) atoms. The van der Waals surface area contributed by atoms with Crippen molar-refractivity contribution in [1.29, 1.82) is 0 Å². The van der Waals surface area contributed by atoms with Gasteiger partial charge in [0.1, 0.15) is 16.7 Å². The number of aryl methyl sites for hydroxylation is 2. The van der Waals surface area contributed by atoms with E-state index in [9.17, 15) is 4.79 Å². The van der Waals surface area contributed by atoms with Crippen LogP contribution in [0.1, 0.15) is 66.7 Å². The maximum absolute atomic E-state index is 15.3. The molecule has 0 spiro atoms. The number of anilines is 2. The number of nitrogens with one attached hydrogen (secondary N) is 3. The number of aromatic amines is 1. The molecule has 3 N–H and O–H groups in total. The molecule has 5 rings (SSSR count). The van der Waals surface area contributed by atoms with Crippen molar-refractivity contribution in [3.8, 4) is 0 Å². The van der Waals surface area contributed by atoms with Crippen LogP contribution in [-0.4, -0.2) is 56.1 Å². The smallest absolute Gasteiger partial charge is 0.242 e. The number of carbonyl (C=O) groups excluding carboxylic acids is 1. The average Bonchev–Trinajstić information content (AvgIpc) is 3.51. The first-order valence-corrected chi connectivity index (χ1v) is 13.2. The van der Waals surface area contributed by atoms with Gasteiger partial charge in [-0.05, 0) is 81.7 Å². The van der Waals surface area contributed by atoms with Gasteiger partial charge in [0.15, 0.2) is 11.6 Å². The summed E-state index contributed by atoms with van der Waals surface area (Å²) < 4.78 is 15.3. The lowest BCUT2D eigenvalue weighted by Gasteiger charge is -2.37. The Kier molecular flexibility index (Phi) is 7.18. The van der Waals surface area contributed by atoms with Crippen molar-refractivity contribution in [2.75, 3.05) is 25.0 Å². The monoisotopic (exact) mass is 525 g/mol. The zero-order valence-electron chi connectivity index (χ0n) is 21.5. The minimum atomic E-state index is -0.438. The molecular weight excluding hydrogens is 493 g/mol. The Bertz CT molecular complexity index is 1300. The number of amides is 1. The molecule has 1 amide bonds. The number of halogens is 2. The average molecular weight is 526 g/mol. The molecule has 4 heterocycles. The lowest BCUT2D eigenvalue weighted by atomic mass is 9.85. The highest BCUT2D eigenvalue weighted by molar-refractivity contribution is 6.32. The van der Waals surface area contributed by atoms with E-state index in [1.54, 1.807) is 6.07 Å². The minimum Gasteiger partial charge on any atom is -0.341 e. The molecule has 0 radical (unpaired) electrons. The van der Waals surface area contributed by atoms with Crippen LogP contribution in [0.5, 0.6) is 0 Å². The van der Waals surface area contributed by atoms with E-state index >= 15 is 4.39 Å². The number of rotatable bonds is 6. The third-order valence-corrected chi connectivity index (χ3v) is 7.87. The zero-order chi connectivity index (χ0) is 26.2. The van der Waals surface area contributed by atoms with Gasteiger partial charge in [-0.15, -0.1) is 0 Å². The molecule has 2 aromatic heterocycles. The minimum absolute atomic E-state index is 0.195. The molecule has 0 bridgehead atoms. The highest BCUT2D eigenvalue weighted by Crippen LogP contribution is 2.34. The second-order valence-corrected chi connectivity index (χ2v) is 10.9. The van der Waals surface area contributed by atoms with Crippen LogP contribution in [0.3, 0.4) is 0 Å². The fourth-order valence-electron chi connectivity index (χ4n) is 5.50. The van der Waals surface area contributed by atoms with Crippen molar-refractivity contribution in [1.82, 2.24) is 30.4 Å². The number of likely N-dealkylation sites (tertiary alicyclic amines) is 1. The van der Waals surface area contributed by atoms with E-state index < -0.39 is 5.54 Å². The van der Waals surface area contributed by atoms with E-state index in [4.69, 9.17) is 11.6 Å². The summed E-state index contributed by atoms with van der Waals surface area (Å²) in [5.41, 5.74) is 3.07. The Hall–Kier alpha value is -3.04. The predicted molar refractivity (Wildman–Crippen MR) is 142 cm³/mol. The molecule has 2 saturated heterocycles. The summed E-state index contributed by atoms with van der Waals surface area (Å²) in [6, 6.07) is 5.40. The van der Waals surface area contributed by atoms with Crippen LogP contribution >= 0.6 is 11.6 Å². The molecule has 3 aromatic rings. The van der Waals surface area contributed by atoms with Crippen molar-refractivity contribution in [2.45, 2.75) is 64.3 Å². The molecule has 1 aromatic carbocycles. The zero-order valence-corrected chi connectivity index (χ0v) is 22.3. The molecule has 2 aliphatic rings. The van der Waals surface area contributed by atoms with Gasteiger partial charge in [-0.2, -0.15) is 5.10 Å². The number of aromatic nitrogens is 4. The molecule has 8 nitrogen and oxygen atoms in total.